The fraction of sp³-hybridized carbons (Fsp3) is 0.857. The molecule has 0 unspecified atom stereocenters. The van der Waals surface area contributed by atoms with Crippen molar-refractivity contribution in [2.75, 3.05) is 26.9 Å². The summed E-state index contributed by atoms with van der Waals surface area (Å²) in [6.07, 6.45) is 1.37. The molecule has 1 aliphatic rings. The number of hydrogen-bond donors (Lipinski definition) is 1. The largest absolute Gasteiger partial charge is 0.449 e. The van der Waals surface area contributed by atoms with Crippen LogP contribution in [0.1, 0.15) is 33.6 Å². The van der Waals surface area contributed by atoms with E-state index in [0.717, 1.165) is 12.8 Å². The Morgan fingerprint density at radius 1 is 1.35 bits per heavy atom. The lowest BCUT2D eigenvalue weighted by Crippen LogP contribution is -2.47. The van der Waals surface area contributed by atoms with E-state index in [1.165, 1.54) is 0 Å². The minimum absolute atomic E-state index is 0.0263. The molecular formula is C14H26N2O4. The van der Waals surface area contributed by atoms with Gasteiger partial charge in [-0.05, 0) is 25.7 Å². The summed E-state index contributed by atoms with van der Waals surface area (Å²) in [5.74, 6) is 0.194. The second kappa shape index (κ2) is 8.09. The van der Waals surface area contributed by atoms with Crippen molar-refractivity contribution in [1.82, 2.24) is 10.2 Å². The number of likely N-dealkylation sites (tertiary alicyclic amines) is 1. The summed E-state index contributed by atoms with van der Waals surface area (Å²) in [7, 11) is 1.63. The predicted octanol–water partition coefficient (Wildman–Crippen LogP) is 1.39. The van der Waals surface area contributed by atoms with Gasteiger partial charge in [-0.2, -0.15) is 0 Å². The van der Waals surface area contributed by atoms with Crippen LogP contribution >= 0.6 is 0 Å². The van der Waals surface area contributed by atoms with Crippen molar-refractivity contribution in [2.24, 2.45) is 5.92 Å². The van der Waals surface area contributed by atoms with Crippen LogP contribution in [0.25, 0.3) is 0 Å². The number of nitrogens with zero attached hydrogens (tertiary/aromatic N) is 1. The van der Waals surface area contributed by atoms with E-state index >= 15 is 0 Å². The number of rotatable bonds is 6. The number of carbonyl (C=O) groups excluding carboxylic acids is 2. The lowest BCUT2D eigenvalue weighted by molar-refractivity contribution is -0.133. The van der Waals surface area contributed by atoms with Gasteiger partial charge in [0.05, 0.1) is 19.3 Å². The van der Waals surface area contributed by atoms with Crippen molar-refractivity contribution in [1.29, 1.82) is 0 Å². The molecule has 6 nitrogen and oxygen atoms in total. The van der Waals surface area contributed by atoms with E-state index in [1.807, 2.05) is 25.7 Å². The van der Waals surface area contributed by atoms with Gasteiger partial charge in [0.25, 0.3) is 0 Å². The van der Waals surface area contributed by atoms with E-state index in [0.29, 0.717) is 13.2 Å². The first-order valence-corrected chi connectivity index (χ1v) is 7.16. The maximum Gasteiger partial charge on any atom is 0.407 e. The van der Waals surface area contributed by atoms with Crippen molar-refractivity contribution < 1.29 is 19.1 Å². The zero-order valence-electron chi connectivity index (χ0n) is 12.8. The highest BCUT2D eigenvalue weighted by Crippen LogP contribution is 2.23. The first-order chi connectivity index (χ1) is 9.45. The molecule has 1 aliphatic heterocycles. The molecule has 0 aromatic heterocycles. The summed E-state index contributed by atoms with van der Waals surface area (Å²) >= 11 is 0. The van der Waals surface area contributed by atoms with Crippen LogP contribution in [0.2, 0.25) is 0 Å². The highest BCUT2D eigenvalue weighted by Gasteiger charge is 2.34. The standard InChI is InChI=1S/C14H26N2O4/c1-10(2)8-20-14(18)15-7-13(17)16-11(3)5-6-12(16)9-19-4/h10-12H,5-9H2,1-4H3,(H,15,18)/t11-,12-/m0/s1. The van der Waals surface area contributed by atoms with Crippen LogP contribution in [0, 0.1) is 5.92 Å². The van der Waals surface area contributed by atoms with E-state index in [2.05, 4.69) is 5.32 Å². The van der Waals surface area contributed by atoms with Crippen molar-refractivity contribution in [3.8, 4) is 0 Å². The lowest BCUT2D eigenvalue weighted by atomic mass is 10.2. The number of methoxy groups -OCH3 is 1. The zero-order valence-corrected chi connectivity index (χ0v) is 12.8. The molecule has 2 amide bonds. The average Bonchev–Trinajstić information content (AvgIpc) is 2.75. The first-order valence-electron chi connectivity index (χ1n) is 7.16. The Morgan fingerprint density at radius 3 is 2.65 bits per heavy atom. The number of amides is 2. The van der Waals surface area contributed by atoms with E-state index in [9.17, 15) is 9.59 Å². The van der Waals surface area contributed by atoms with Gasteiger partial charge in [0.2, 0.25) is 5.91 Å². The van der Waals surface area contributed by atoms with Gasteiger partial charge in [-0.25, -0.2) is 4.79 Å². The summed E-state index contributed by atoms with van der Waals surface area (Å²) in [5.41, 5.74) is 0. The summed E-state index contributed by atoms with van der Waals surface area (Å²) < 4.78 is 10.1. The van der Waals surface area contributed by atoms with Crippen LogP contribution in [0.4, 0.5) is 4.79 Å². The normalized spacial score (nSPS) is 22.1. The SMILES string of the molecule is COC[C@@H]1CC[C@H](C)N1C(=O)CNC(=O)OCC(C)C. The third-order valence-corrected chi connectivity index (χ3v) is 3.36. The van der Waals surface area contributed by atoms with Gasteiger partial charge >= 0.3 is 6.09 Å². The number of carbonyl (C=O) groups is 2. The fourth-order valence-corrected chi connectivity index (χ4v) is 2.41. The Balaban J connectivity index is 2.39. The highest BCUT2D eigenvalue weighted by molar-refractivity contribution is 5.83. The summed E-state index contributed by atoms with van der Waals surface area (Å²) in [5, 5.41) is 2.50. The molecule has 0 spiro atoms. The molecule has 0 radical (unpaired) electrons. The molecular weight excluding hydrogens is 260 g/mol. The van der Waals surface area contributed by atoms with E-state index in [4.69, 9.17) is 9.47 Å². The molecule has 0 aliphatic carbocycles. The quantitative estimate of drug-likeness (QED) is 0.801. The van der Waals surface area contributed by atoms with Gasteiger partial charge in [0.15, 0.2) is 0 Å². The van der Waals surface area contributed by atoms with Gasteiger partial charge in [-0.1, -0.05) is 13.8 Å². The third kappa shape index (κ3) is 5.00. The fourth-order valence-electron chi connectivity index (χ4n) is 2.41. The zero-order chi connectivity index (χ0) is 15.1. The number of hydrogen-bond acceptors (Lipinski definition) is 4. The molecule has 2 atom stereocenters. The maximum absolute atomic E-state index is 12.2. The predicted molar refractivity (Wildman–Crippen MR) is 75.4 cm³/mol. The van der Waals surface area contributed by atoms with E-state index in [1.54, 1.807) is 7.11 Å². The van der Waals surface area contributed by atoms with Crippen molar-refractivity contribution in [3.05, 3.63) is 0 Å². The molecule has 20 heavy (non-hydrogen) atoms. The third-order valence-electron chi connectivity index (χ3n) is 3.36. The van der Waals surface area contributed by atoms with Crippen molar-refractivity contribution in [3.63, 3.8) is 0 Å². The van der Waals surface area contributed by atoms with Crippen LogP contribution in [-0.4, -0.2) is 55.9 Å². The Bertz CT molecular complexity index is 331. The molecule has 0 saturated carbocycles. The summed E-state index contributed by atoms with van der Waals surface area (Å²) in [4.78, 5) is 25.4. The molecule has 1 heterocycles. The average molecular weight is 286 g/mol. The number of alkyl carbamates (subject to hydrolysis) is 1. The van der Waals surface area contributed by atoms with Crippen LogP contribution in [-0.2, 0) is 14.3 Å². The Hall–Kier alpha value is -1.30. The van der Waals surface area contributed by atoms with Crippen molar-refractivity contribution in [2.45, 2.75) is 45.7 Å². The number of ether oxygens (including phenoxy) is 2. The molecule has 1 fully saturated rings. The summed E-state index contributed by atoms with van der Waals surface area (Å²) in [6, 6.07) is 0.298. The maximum atomic E-state index is 12.2. The van der Waals surface area contributed by atoms with Gasteiger partial charge in [-0.3, -0.25) is 4.79 Å². The molecule has 1 saturated heterocycles. The molecule has 1 rings (SSSR count). The van der Waals surface area contributed by atoms with Gasteiger partial charge in [0.1, 0.15) is 6.54 Å². The van der Waals surface area contributed by atoms with E-state index < -0.39 is 6.09 Å². The smallest absolute Gasteiger partial charge is 0.407 e. The van der Waals surface area contributed by atoms with Gasteiger partial charge < -0.3 is 19.7 Å². The molecule has 0 aromatic rings. The molecule has 116 valence electrons. The lowest BCUT2D eigenvalue weighted by Gasteiger charge is -2.28. The molecule has 6 heteroatoms. The molecule has 0 aromatic carbocycles. The van der Waals surface area contributed by atoms with Crippen LogP contribution in [0.15, 0.2) is 0 Å². The Kier molecular flexibility index (Phi) is 6.78. The monoisotopic (exact) mass is 286 g/mol. The second-order valence-electron chi connectivity index (χ2n) is 5.68. The summed E-state index contributed by atoms with van der Waals surface area (Å²) in [6.45, 7) is 6.80. The van der Waals surface area contributed by atoms with Crippen LogP contribution < -0.4 is 5.32 Å². The molecule has 1 N–H and O–H groups in total. The van der Waals surface area contributed by atoms with E-state index in [-0.39, 0.29) is 30.5 Å². The van der Waals surface area contributed by atoms with Gasteiger partial charge in [-0.15, -0.1) is 0 Å². The Labute approximate surface area is 120 Å². The second-order valence-corrected chi connectivity index (χ2v) is 5.68. The number of nitrogens with one attached hydrogen (secondary N) is 1. The topological polar surface area (TPSA) is 67.9 Å². The minimum atomic E-state index is -0.540. The van der Waals surface area contributed by atoms with Crippen LogP contribution in [0.3, 0.4) is 0 Å². The first kappa shape index (κ1) is 16.8. The molecule has 0 bridgehead atoms. The van der Waals surface area contributed by atoms with Gasteiger partial charge in [0, 0.05) is 13.2 Å². The minimum Gasteiger partial charge on any atom is -0.449 e. The van der Waals surface area contributed by atoms with Crippen LogP contribution in [0.5, 0.6) is 0 Å². The highest BCUT2D eigenvalue weighted by atomic mass is 16.5. The van der Waals surface area contributed by atoms with Crippen molar-refractivity contribution >= 4 is 12.0 Å². The Morgan fingerprint density at radius 2 is 2.05 bits per heavy atom.